The van der Waals surface area contributed by atoms with E-state index in [1.165, 1.54) is 29.7 Å². The lowest BCUT2D eigenvalue weighted by Gasteiger charge is -2.25. The van der Waals surface area contributed by atoms with Crippen molar-refractivity contribution in [1.82, 2.24) is 9.55 Å². The van der Waals surface area contributed by atoms with Crippen LogP contribution in [0.15, 0.2) is 54.9 Å². The van der Waals surface area contributed by atoms with Crippen LogP contribution in [-0.4, -0.2) is 15.5 Å². The summed E-state index contributed by atoms with van der Waals surface area (Å²) in [7, 11) is 1.94. The van der Waals surface area contributed by atoms with Crippen LogP contribution in [0.5, 0.6) is 0 Å². The molecule has 150 valence electrons. The molecule has 0 unspecified atom stereocenters. The molecule has 0 saturated heterocycles. The van der Waals surface area contributed by atoms with Crippen molar-refractivity contribution in [1.29, 1.82) is 0 Å². The Morgan fingerprint density at radius 3 is 2.66 bits per heavy atom. The molecule has 0 fully saturated rings. The van der Waals surface area contributed by atoms with Gasteiger partial charge in [-0.2, -0.15) is 0 Å². The Balaban J connectivity index is 1.59. The molecule has 0 bridgehead atoms. The molecule has 1 aromatic heterocycles. The maximum absolute atomic E-state index is 13.3. The predicted octanol–water partition coefficient (Wildman–Crippen LogP) is 4.77. The van der Waals surface area contributed by atoms with Crippen molar-refractivity contribution in [2.45, 2.75) is 45.1 Å². The van der Waals surface area contributed by atoms with Gasteiger partial charge in [0.15, 0.2) is 0 Å². The highest BCUT2D eigenvalue weighted by molar-refractivity contribution is 5.93. The average Bonchev–Trinajstić information content (AvgIpc) is 3.34. The van der Waals surface area contributed by atoms with Gasteiger partial charge >= 0.3 is 0 Å². The van der Waals surface area contributed by atoms with E-state index >= 15 is 0 Å². The summed E-state index contributed by atoms with van der Waals surface area (Å²) in [6.45, 7) is 2.43. The van der Waals surface area contributed by atoms with Crippen LogP contribution < -0.4 is 4.90 Å². The molecule has 4 nitrogen and oxygen atoms in total. The topological polar surface area (TPSA) is 38.1 Å². The number of benzene rings is 2. The number of imidazole rings is 1. The van der Waals surface area contributed by atoms with Crippen molar-refractivity contribution in [3.8, 4) is 0 Å². The van der Waals surface area contributed by atoms with Crippen molar-refractivity contribution in [2.75, 3.05) is 4.90 Å². The molecule has 1 heterocycles. The lowest BCUT2D eigenvalue weighted by Crippen LogP contribution is -2.32. The standard InChI is InChI=1S/C24H26FN3O/c1-17(18-6-9-21(25)10-7-18)14-24(29)28(16-23-26-12-13-27(23)2)22-11-8-19-4-3-5-20(19)15-22/h6-13,15,17H,3-5,14,16H2,1-2H3/t17-/m0/s1. The van der Waals surface area contributed by atoms with Crippen LogP contribution in [0.4, 0.5) is 10.1 Å². The van der Waals surface area contributed by atoms with Crippen LogP contribution in [0.2, 0.25) is 0 Å². The van der Waals surface area contributed by atoms with E-state index in [4.69, 9.17) is 0 Å². The number of aromatic nitrogens is 2. The van der Waals surface area contributed by atoms with Crippen molar-refractivity contribution >= 4 is 11.6 Å². The highest BCUT2D eigenvalue weighted by Crippen LogP contribution is 2.29. The fourth-order valence-corrected chi connectivity index (χ4v) is 4.02. The van der Waals surface area contributed by atoms with Crippen LogP contribution in [0.25, 0.3) is 0 Å². The van der Waals surface area contributed by atoms with Gasteiger partial charge in [-0.15, -0.1) is 0 Å². The minimum Gasteiger partial charge on any atom is -0.337 e. The molecule has 1 aliphatic carbocycles. The molecule has 0 saturated carbocycles. The summed E-state index contributed by atoms with van der Waals surface area (Å²) in [6, 6.07) is 12.8. The monoisotopic (exact) mass is 391 g/mol. The first-order valence-corrected chi connectivity index (χ1v) is 10.1. The number of hydrogen-bond donors (Lipinski definition) is 0. The number of halogens is 1. The molecule has 1 atom stereocenters. The van der Waals surface area contributed by atoms with E-state index in [9.17, 15) is 9.18 Å². The Hall–Kier alpha value is -2.95. The molecule has 0 N–H and O–H groups in total. The molecular weight excluding hydrogens is 365 g/mol. The van der Waals surface area contributed by atoms with Crippen LogP contribution in [-0.2, 0) is 31.2 Å². The van der Waals surface area contributed by atoms with Gasteiger partial charge in [0.05, 0.1) is 6.54 Å². The Morgan fingerprint density at radius 1 is 1.17 bits per heavy atom. The summed E-state index contributed by atoms with van der Waals surface area (Å²) in [5.74, 6) is 0.624. The zero-order valence-corrected chi connectivity index (χ0v) is 16.9. The number of carbonyl (C=O) groups is 1. The minimum atomic E-state index is -0.262. The van der Waals surface area contributed by atoms with Gasteiger partial charge in [0.25, 0.3) is 0 Å². The first kappa shape index (κ1) is 19.4. The molecule has 1 amide bonds. The summed E-state index contributed by atoms with van der Waals surface area (Å²) >= 11 is 0. The summed E-state index contributed by atoms with van der Waals surface area (Å²) in [4.78, 5) is 19.6. The number of amides is 1. The Kier molecular flexibility index (Phi) is 5.47. The fraction of sp³-hybridized carbons (Fsp3) is 0.333. The normalized spacial score (nSPS) is 13.9. The lowest BCUT2D eigenvalue weighted by atomic mass is 9.97. The number of rotatable bonds is 6. The van der Waals surface area contributed by atoms with Gasteiger partial charge in [0.2, 0.25) is 5.91 Å². The van der Waals surface area contributed by atoms with Gasteiger partial charge in [-0.05, 0) is 66.1 Å². The molecule has 1 aliphatic rings. The smallest absolute Gasteiger partial charge is 0.228 e. The zero-order valence-electron chi connectivity index (χ0n) is 16.9. The second kappa shape index (κ2) is 8.19. The zero-order chi connectivity index (χ0) is 20.4. The van der Waals surface area contributed by atoms with Crippen molar-refractivity contribution in [3.05, 3.63) is 83.2 Å². The highest BCUT2D eigenvalue weighted by atomic mass is 19.1. The van der Waals surface area contributed by atoms with E-state index in [2.05, 4.69) is 17.1 Å². The summed E-state index contributed by atoms with van der Waals surface area (Å²) in [5.41, 5.74) is 4.61. The third kappa shape index (κ3) is 4.24. The molecule has 0 aliphatic heterocycles. The molecule has 2 aromatic carbocycles. The number of nitrogens with zero attached hydrogens (tertiary/aromatic N) is 3. The number of fused-ring (bicyclic) bond motifs is 1. The van der Waals surface area contributed by atoms with Gasteiger partial charge in [0, 0.05) is 31.5 Å². The Morgan fingerprint density at radius 2 is 1.93 bits per heavy atom. The largest absolute Gasteiger partial charge is 0.337 e. The summed E-state index contributed by atoms with van der Waals surface area (Å²) in [5, 5.41) is 0. The predicted molar refractivity (Wildman–Crippen MR) is 112 cm³/mol. The fourth-order valence-electron chi connectivity index (χ4n) is 4.02. The van der Waals surface area contributed by atoms with Gasteiger partial charge in [-0.25, -0.2) is 9.37 Å². The molecule has 3 aromatic rings. The van der Waals surface area contributed by atoms with Crippen molar-refractivity contribution in [2.24, 2.45) is 7.05 Å². The van der Waals surface area contributed by atoms with E-state index in [0.29, 0.717) is 13.0 Å². The molecule has 29 heavy (non-hydrogen) atoms. The molecular formula is C24H26FN3O. The van der Waals surface area contributed by atoms with Gasteiger partial charge < -0.3 is 9.47 Å². The average molecular weight is 391 g/mol. The van der Waals surface area contributed by atoms with Crippen LogP contribution in [0, 0.1) is 5.82 Å². The third-order valence-corrected chi connectivity index (χ3v) is 5.84. The quantitative estimate of drug-likeness (QED) is 0.607. The number of aryl methyl sites for hydroxylation is 3. The van der Waals surface area contributed by atoms with Gasteiger partial charge in [0.1, 0.15) is 11.6 Å². The number of anilines is 1. The summed E-state index contributed by atoms with van der Waals surface area (Å²) < 4.78 is 15.2. The highest BCUT2D eigenvalue weighted by Gasteiger charge is 2.23. The maximum atomic E-state index is 13.3. The van der Waals surface area contributed by atoms with E-state index in [1.54, 1.807) is 18.3 Å². The van der Waals surface area contributed by atoms with Crippen LogP contribution >= 0.6 is 0 Å². The maximum Gasteiger partial charge on any atom is 0.228 e. The van der Waals surface area contributed by atoms with Gasteiger partial charge in [-0.1, -0.05) is 25.1 Å². The SMILES string of the molecule is C[C@@H](CC(=O)N(Cc1nccn1C)c1ccc2c(c1)CCC2)c1ccc(F)cc1. The second-order valence-electron chi connectivity index (χ2n) is 7.90. The van der Waals surface area contributed by atoms with Crippen molar-refractivity contribution in [3.63, 3.8) is 0 Å². The van der Waals surface area contributed by atoms with Crippen LogP contribution in [0.1, 0.15) is 48.2 Å². The van der Waals surface area contributed by atoms with Gasteiger partial charge in [-0.3, -0.25) is 4.79 Å². The third-order valence-electron chi connectivity index (χ3n) is 5.84. The Bertz CT molecular complexity index is 1010. The molecule has 5 heteroatoms. The Labute approximate surface area is 171 Å². The van der Waals surface area contributed by atoms with E-state index in [0.717, 1.165) is 29.9 Å². The number of hydrogen-bond acceptors (Lipinski definition) is 2. The molecule has 0 radical (unpaired) electrons. The van der Waals surface area contributed by atoms with E-state index < -0.39 is 0 Å². The van der Waals surface area contributed by atoms with E-state index in [1.807, 2.05) is 35.7 Å². The van der Waals surface area contributed by atoms with Crippen molar-refractivity contribution < 1.29 is 9.18 Å². The molecule has 0 spiro atoms. The second-order valence-corrected chi connectivity index (χ2v) is 7.90. The van der Waals surface area contributed by atoms with E-state index in [-0.39, 0.29) is 17.6 Å². The summed E-state index contributed by atoms with van der Waals surface area (Å²) in [6.07, 6.45) is 7.36. The first-order chi connectivity index (χ1) is 14.0. The molecule has 4 rings (SSSR count). The first-order valence-electron chi connectivity index (χ1n) is 10.1. The van der Waals surface area contributed by atoms with Crippen LogP contribution in [0.3, 0.4) is 0 Å². The number of carbonyl (C=O) groups excluding carboxylic acids is 1. The lowest BCUT2D eigenvalue weighted by molar-refractivity contribution is -0.119. The minimum absolute atomic E-state index is 0.00130.